The van der Waals surface area contributed by atoms with Gasteiger partial charge in [0.1, 0.15) is 17.1 Å². The predicted molar refractivity (Wildman–Crippen MR) is 80.5 cm³/mol. The average Bonchev–Trinajstić information content (AvgIpc) is 2.90. The number of nitrogens with one attached hydrogen (secondary N) is 1. The van der Waals surface area contributed by atoms with Crippen LogP contribution in [0, 0.1) is 12.7 Å². The maximum absolute atomic E-state index is 13.5. The number of amides is 1. The predicted octanol–water partition coefficient (Wildman–Crippen LogP) is 2.87. The van der Waals surface area contributed by atoms with Gasteiger partial charge in [-0.1, -0.05) is 24.2 Å². The minimum Gasteiger partial charge on any atom is -0.449 e. The van der Waals surface area contributed by atoms with Crippen molar-refractivity contribution in [1.29, 1.82) is 0 Å². The molecule has 23 heavy (non-hydrogen) atoms. The van der Waals surface area contributed by atoms with E-state index in [9.17, 15) is 14.0 Å². The number of ether oxygens (including phenoxy) is 1. The Bertz CT molecular complexity index is 727. The number of halogens is 1. The number of aromatic nitrogens is 1. The summed E-state index contributed by atoms with van der Waals surface area (Å²) >= 11 is 0. The summed E-state index contributed by atoms with van der Waals surface area (Å²) in [5, 5.41) is 6.13. The molecule has 0 spiro atoms. The van der Waals surface area contributed by atoms with E-state index in [1.165, 1.54) is 25.1 Å². The van der Waals surface area contributed by atoms with E-state index < -0.39 is 23.8 Å². The van der Waals surface area contributed by atoms with Crippen molar-refractivity contribution < 1.29 is 23.2 Å². The minimum atomic E-state index is -1.10. The van der Waals surface area contributed by atoms with Crippen LogP contribution in [-0.2, 0) is 16.0 Å². The van der Waals surface area contributed by atoms with Gasteiger partial charge in [-0.25, -0.2) is 9.18 Å². The Balaban J connectivity index is 2.05. The van der Waals surface area contributed by atoms with E-state index in [0.717, 1.165) is 0 Å². The molecule has 2 rings (SSSR count). The average molecular weight is 320 g/mol. The number of rotatable bonds is 5. The van der Waals surface area contributed by atoms with Crippen LogP contribution in [0.4, 0.5) is 10.1 Å². The van der Waals surface area contributed by atoms with E-state index in [-0.39, 0.29) is 11.3 Å². The number of esters is 1. The lowest BCUT2D eigenvalue weighted by Crippen LogP contribution is -2.30. The van der Waals surface area contributed by atoms with Crippen LogP contribution in [0.2, 0.25) is 0 Å². The minimum absolute atomic E-state index is 0.0239. The molecule has 1 unspecified atom stereocenters. The number of carbonyl (C=O) groups excluding carboxylic acids is 2. The molecule has 1 atom stereocenters. The van der Waals surface area contributed by atoms with Crippen molar-refractivity contribution in [1.82, 2.24) is 5.16 Å². The normalized spacial score (nSPS) is 11.8. The summed E-state index contributed by atoms with van der Waals surface area (Å²) in [6.45, 7) is 4.82. The van der Waals surface area contributed by atoms with Crippen molar-refractivity contribution in [3.63, 3.8) is 0 Å². The van der Waals surface area contributed by atoms with Gasteiger partial charge in [0.05, 0.1) is 11.4 Å². The molecule has 0 aliphatic heterocycles. The molecule has 0 aliphatic rings. The van der Waals surface area contributed by atoms with Crippen molar-refractivity contribution in [2.24, 2.45) is 0 Å². The molecule has 1 aromatic carbocycles. The Hall–Kier alpha value is -2.70. The molecular weight excluding hydrogens is 303 g/mol. The van der Waals surface area contributed by atoms with Crippen molar-refractivity contribution in [2.45, 2.75) is 33.3 Å². The zero-order chi connectivity index (χ0) is 17.0. The van der Waals surface area contributed by atoms with Gasteiger partial charge in [-0.05, 0) is 32.4 Å². The number of aryl methyl sites for hydroxylation is 2. The molecule has 0 aliphatic carbocycles. The fraction of sp³-hybridized carbons (Fsp3) is 0.312. The smallest absolute Gasteiger partial charge is 0.344 e. The Labute approximate surface area is 132 Å². The highest BCUT2D eigenvalue weighted by molar-refractivity contribution is 5.98. The van der Waals surface area contributed by atoms with Gasteiger partial charge in [-0.15, -0.1) is 0 Å². The summed E-state index contributed by atoms with van der Waals surface area (Å²) in [6.07, 6.45) is -0.599. The van der Waals surface area contributed by atoms with Crippen molar-refractivity contribution in [2.75, 3.05) is 5.32 Å². The fourth-order valence-corrected chi connectivity index (χ4v) is 1.99. The Morgan fingerprint density at radius 3 is 2.74 bits per heavy atom. The Morgan fingerprint density at radius 2 is 2.09 bits per heavy atom. The van der Waals surface area contributed by atoms with Crippen LogP contribution < -0.4 is 5.32 Å². The molecular formula is C16H17FN2O4. The highest BCUT2D eigenvalue weighted by atomic mass is 19.1. The van der Waals surface area contributed by atoms with E-state index in [1.54, 1.807) is 13.0 Å². The highest BCUT2D eigenvalue weighted by Gasteiger charge is 2.25. The van der Waals surface area contributed by atoms with Gasteiger partial charge < -0.3 is 14.6 Å². The van der Waals surface area contributed by atoms with Crippen molar-refractivity contribution in [3.05, 3.63) is 47.1 Å². The Kier molecular flexibility index (Phi) is 5.10. The lowest BCUT2D eigenvalue weighted by atomic mass is 10.1. The van der Waals surface area contributed by atoms with Gasteiger partial charge >= 0.3 is 5.97 Å². The molecule has 0 fully saturated rings. The maximum Gasteiger partial charge on any atom is 0.344 e. The van der Waals surface area contributed by atoms with E-state index in [1.807, 2.05) is 6.92 Å². The van der Waals surface area contributed by atoms with Gasteiger partial charge in [0.15, 0.2) is 6.10 Å². The topological polar surface area (TPSA) is 81.4 Å². The van der Waals surface area contributed by atoms with Gasteiger partial charge in [-0.2, -0.15) is 0 Å². The van der Waals surface area contributed by atoms with Crippen LogP contribution in [0.15, 0.2) is 28.8 Å². The molecule has 0 saturated heterocycles. The van der Waals surface area contributed by atoms with Crippen LogP contribution in [0.1, 0.15) is 35.7 Å². The second kappa shape index (κ2) is 7.04. The number of hydrogen-bond donors (Lipinski definition) is 1. The third kappa shape index (κ3) is 3.74. The fourth-order valence-electron chi connectivity index (χ4n) is 1.99. The molecule has 1 aromatic heterocycles. The molecule has 2 aromatic rings. The van der Waals surface area contributed by atoms with Crippen LogP contribution in [0.3, 0.4) is 0 Å². The lowest BCUT2D eigenvalue weighted by molar-refractivity contribution is -0.123. The quantitative estimate of drug-likeness (QED) is 0.857. The first kappa shape index (κ1) is 16.7. The monoisotopic (exact) mass is 320 g/mol. The number of para-hydroxylation sites is 1. The summed E-state index contributed by atoms with van der Waals surface area (Å²) in [5.74, 6) is -1.57. The van der Waals surface area contributed by atoms with Gasteiger partial charge in [0.2, 0.25) is 0 Å². The number of nitrogens with zero attached hydrogens (tertiary/aromatic N) is 1. The van der Waals surface area contributed by atoms with E-state index in [0.29, 0.717) is 17.9 Å². The standard InChI is InChI=1S/C16H17FN2O4/c1-4-12-14(9(2)23-19-12)16(21)22-10(3)15(20)18-13-8-6-5-7-11(13)17/h5-8,10H,4H2,1-3H3,(H,18,20). The molecule has 1 N–H and O–H groups in total. The summed E-state index contributed by atoms with van der Waals surface area (Å²) < 4.78 is 23.6. The second-order valence-electron chi connectivity index (χ2n) is 4.93. The molecule has 6 nitrogen and oxygen atoms in total. The van der Waals surface area contributed by atoms with Gasteiger partial charge in [-0.3, -0.25) is 4.79 Å². The summed E-state index contributed by atoms with van der Waals surface area (Å²) in [6, 6.07) is 5.74. The first-order valence-electron chi connectivity index (χ1n) is 7.15. The number of hydrogen-bond acceptors (Lipinski definition) is 5. The number of carbonyl (C=O) groups is 2. The van der Waals surface area contributed by atoms with E-state index in [2.05, 4.69) is 10.5 Å². The van der Waals surface area contributed by atoms with Gasteiger partial charge in [0.25, 0.3) is 5.91 Å². The first-order chi connectivity index (χ1) is 10.9. The number of anilines is 1. The van der Waals surface area contributed by atoms with E-state index in [4.69, 9.17) is 9.26 Å². The van der Waals surface area contributed by atoms with Crippen LogP contribution in [-0.4, -0.2) is 23.1 Å². The third-order valence-electron chi connectivity index (χ3n) is 3.26. The van der Waals surface area contributed by atoms with Gasteiger partial charge in [0, 0.05) is 0 Å². The van der Waals surface area contributed by atoms with E-state index >= 15 is 0 Å². The molecule has 7 heteroatoms. The molecule has 0 saturated carbocycles. The highest BCUT2D eigenvalue weighted by Crippen LogP contribution is 2.17. The van der Waals surface area contributed by atoms with Crippen LogP contribution in [0.25, 0.3) is 0 Å². The Morgan fingerprint density at radius 1 is 1.39 bits per heavy atom. The van der Waals surface area contributed by atoms with Crippen LogP contribution >= 0.6 is 0 Å². The SMILES string of the molecule is CCc1noc(C)c1C(=O)OC(C)C(=O)Nc1ccccc1F. The van der Waals surface area contributed by atoms with Crippen molar-refractivity contribution >= 4 is 17.6 Å². The zero-order valence-electron chi connectivity index (χ0n) is 13.1. The van der Waals surface area contributed by atoms with Crippen molar-refractivity contribution in [3.8, 4) is 0 Å². The molecule has 122 valence electrons. The zero-order valence-corrected chi connectivity index (χ0v) is 13.1. The summed E-state index contributed by atoms with van der Waals surface area (Å²) in [4.78, 5) is 24.2. The maximum atomic E-state index is 13.5. The molecule has 1 heterocycles. The third-order valence-corrected chi connectivity index (χ3v) is 3.26. The second-order valence-corrected chi connectivity index (χ2v) is 4.93. The summed E-state index contributed by atoms with van der Waals surface area (Å²) in [7, 11) is 0. The molecule has 1 amide bonds. The molecule has 0 bridgehead atoms. The summed E-state index contributed by atoms with van der Waals surface area (Å²) in [5.41, 5.74) is 0.711. The molecule has 0 radical (unpaired) electrons. The lowest BCUT2D eigenvalue weighted by Gasteiger charge is -2.13. The van der Waals surface area contributed by atoms with Crippen LogP contribution in [0.5, 0.6) is 0 Å². The first-order valence-corrected chi connectivity index (χ1v) is 7.15. The largest absolute Gasteiger partial charge is 0.449 e. The number of benzene rings is 1.